The van der Waals surface area contributed by atoms with E-state index in [1.807, 2.05) is 6.92 Å². The predicted octanol–water partition coefficient (Wildman–Crippen LogP) is 3.70. The Morgan fingerprint density at radius 2 is 1.93 bits per heavy atom. The van der Waals surface area contributed by atoms with Crippen molar-refractivity contribution in [3.8, 4) is 11.4 Å². The molecule has 1 aromatic carbocycles. The molecule has 8 heteroatoms. The Labute approximate surface area is 153 Å². The lowest BCUT2D eigenvalue weighted by atomic mass is 10.1. The van der Waals surface area contributed by atoms with Crippen molar-refractivity contribution in [3.63, 3.8) is 0 Å². The van der Waals surface area contributed by atoms with Crippen LogP contribution in [0.15, 0.2) is 41.6 Å². The molecule has 0 amide bonds. The smallest absolute Gasteiger partial charge is 0.266 e. The average Bonchev–Trinajstić information content (AvgIpc) is 2.64. The summed E-state index contributed by atoms with van der Waals surface area (Å²) in [6.07, 6.45) is 1.41. The fourth-order valence-corrected chi connectivity index (χ4v) is 2.86. The van der Waals surface area contributed by atoms with Crippen LogP contribution >= 0.6 is 0 Å². The molecule has 1 unspecified atom stereocenters. The number of nitrogens with zero attached hydrogens (tertiary/aromatic N) is 3. The van der Waals surface area contributed by atoms with E-state index in [0.29, 0.717) is 11.8 Å². The van der Waals surface area contributed by atoms with E-state index in [2.05, 4.69) is 9.97 Å². The van der Waals surface area contributed by atoms with Gasteiger partial charge in [0.25, 0.3) is 12.0 Å². The van der Waals surface area contributed by atoms with Crippen LogP contribution in [0.4, 0.5) is 13.2 Å². The number of aromatic nitrogens is 3. The third-order valence-corrected chi connectivity index (χ3v) is 4.26. The normalized spacial score (nSPS) is 12.7. The molecule has 3 rings (SSSR count). The SMILES string of the molecule is CCCC(O)Cn1ccc2cc(-c3ncc(C(F)F)cn3)c(F)cc2c1=O. The van der Waals surface area contributed by atoms with Crippen molar-refractivity contribution < 1.29 is 18.3 Å². The number of benzene rings is 1. The number of alkyl halides is 2. The lowest BCUT2D eigenvalue weighted by Crippen LogP contribution is -2.26. The first-order valence-electron chi connectivity index (χ1n) is 8.52. The van der Waals surface area contributed by atoms with Crippen LogP contribution in [0.1, 0.15) is 31.8 Å². The molecule has 0 aliphatic heterocycles. The number of aliphatic hydroxyl groups is 1. The van der Waals surface area contributed by atoms with Crippen LogP contribution in [0.2, 0.25) is 0 Å². The molecule has 0 aliphatic carbocycles. The van der Waals surface area contributed by atoms with Gasteiger partial charge in [0.2, 0.25) is 0 Å². The van der Waals surface area contributed by atoms with Gasteiger partial charge in [-0.15, -0.1) is 0 Å². The Bertz CT molecular complexity index is 1000. The summed E-state index contributed by atoms with van der Waals surface area (Å²) >= 11 is 0. The van der Waals surface area contributed by atoms with Crippen molar-refractivity contribution in [1.82, 2.24) is 14.5 Å². The van der Waals surface area contributed by atoms with Gasteiger partial charge in [-0.05, 0) is 30.0 Å². The zero-order valence-electron chi connectivity index (χ0n) is 14.6. The maximum Gasteiger partial charge on any atom is 0.266 e. The monoisotopic (exact) mass is 377 g/mol. The van der Waals surface area contributed by atoms with Gasteiger partial charge in [-0.25, -0.2) is 23.1 Å². The maximum absolute atomic E-state index is 14.5. The summed E-state index contributed by atoms with van der Waals surface area (Å²) in [7, 11) is 0. The van der Waals surface area contributed by atoms with Crippen LogP contribution in [0.5, 0.6) is 0 Å². The summed E-state index contributed by atoms with van der Waals surface area (Å²) < 4.78 is 41.1. The van der Waals surface area contributed by atoms with Crippen molar-refractivity contribution in [2.75, 3.05) is 0 Å². The highest BCUT2D eigenvalue weighted by molar-refractivity contribution is 5.85. The number of hydrogen-bond acceptors (Lipinski definition) is 4. The lowest BCUT2D eigenvalue weighted by molar-refractivity contribution is 0.142. The molecule has 1 atom stereocenters. The molecule has 0 saturated heterocycles. The van der Waals surface area contributed by atoms with Gasteiger partial charge in [-0.1, -0.05) is 13.3 Å². The molecule has 2 heterocycles. The third kappa shape index (κ3) is 4.00. The molecule has 3 aromatic rings. The quantitative estimate of drug-likeness (QED) is 0.711. The van der Waals surface area contributed by atoms with Crippen LogP contribution in [-0.4, -0.2) is 25.7 Å². The van der Waals surface area contributed by atoms with Crippen LogP contribution in [0.25, 0.3) is 22.2 Å². The van der Waals surface area contributed by atoms with Gasteiger partial charge in [0.05, 0.1) is 29.2 Å². The van der Waals surface area contributed by atoms with E-state index in [0.717, 1.165) is 24.9 Å². The first-order valence-corrected chi connectivity index (χ1v) is 8.52. The van der Waals surface area contributed by atoms with E-state index in [4.69, 9.17) is 0 Å². The van der Waals surface area contributed by atoms with E-state index in [1.54, 1.807) is 6.07 Å². The van der Waals surface area contributed by atoms with Gasteiger partial charge in [-0.3, -0.25) is 4.79 Å². The van der Waals surface area contributed by atoms with Crippen LogP contribution in [0.3, 0.4) is 0 Å². The van der Waals surface area contributed by atoms with Crippen LogP contribution in [-0.2, 0) is 6.54 Å². The fourth-order valence-electron chi connectivity index (χ4n) is 2.86. The lowest BCUT2D eigenvalue weighted by Gasteiger charge is -2.13. The highest BCUT2D eigenvalue weighted by atomic mass is 19.3. The second-order valence-electron chi connectivity index (χ2n) is 6.28. The van der Waals surface area contributed by atoms with Crippen molar-refractivity contribution >= 4 is 10.8 Å². The zero-order chi connectivity index (χ0) is 19.6. The largest absolute Gasteiger partial charge is 0.391 e. The summed E-state index contributed by atoms with van der Waals surface area (Å²) in [5, 5.41) is 10.5. The predicted molar refractivity (Wildman–Crippen MR) is 95.1 cm³/mol. The molecule has 5 nitrogen and oxygen atoms in total. The molecule has 2 aromatic heterocycles. The molecule has 0 saturated carbocycles. The van der Waals surface area contributed by atoms with Crippen LogP contribution < -0.4 is 5.56 Å². The van der Waals surface area contributed by atoms with Gasteiger partial charge in [0.15, 0.2) is 5.82 Å². The van der Waals surface area contributed by atoms with E-state index in [-0.39, 0.29) is 28.9 Å². The molecule has 142 valence electrons. The summed E-state index contributed by atoms with van der Waals surface area (Å²) in [4.78, 5) is 20.1. The molecule has 0 bridgehead atoms. The Morgan fingerprint density at radius 1 is 1.22 bits per heavy atom. The highest BCUT2D eigenvalue weighted by Crippen LogP contribution is 2.25. The molecular weight excluding hydrogens is 359 g/mol. The Morgan fingerprint density at radius 3 is 2.56 bits per heavy atom. The molecule has 0 fully saturated rings. The topological polar surface area (TPSA) is 68.0 Å². The minimum absolute atomic E-state index is 0.0199. The van der Waals surface area contributed by atoms with Gasteiger partial charge in [0, 0.05) is 18.6 Å². The standard InChI is InChI=1S/C19H18F3N3O2/c1-2-3-13(26)10-25-5-4-11-6-15(16(20)7-14(11)19(25)27)18-23-8-12(9-24-18)17(21)22/h4-9,13,17,26H,2-3,10H2,1H3. The van der Waals surface area contributed by atoms with Gasteiger partial charge >= 0.3 is 0 Å². The van der Waals surface area contributed by atoms with Crippen LogP contribution in [0, 0.1) is 5.82 Å². The van der Waals surface area contributed by atoms with Crippen molar-refractivity contribution in [3.05, 3.63) is 58.5 Å². The van der Waals surface area contributed by atoms with Gasteiger partial charge in [-0.2, -0.15) is 0 Å². The maximum atomic E-state index is 14.5. The number of aliphatic hydroxyl groups excluding tert-OH is 1. The fraction of sp³-hybridized carbons (Fsp3) is 0.316. The molecule has 1 N–H and O–H groups in total. The second-order valence-corrected chi connectivity index (χ2v) is 6.28. The first-order chi connectivity index (χ1) is 12.9. The molecule has 27 heavy (non-hydrogen) atoms. The first kappa shape index (κ1) is 19.0. The van der Waals surface area contributed by atoms with E-state index in [9.17, 15) is 23.1 Å². The van der Waals surface area contributed by atoms with Crippen molar-refractivity contribution in [1.29, 1.82) is 0 Å². The average molecular weight is 377 g/mol. The zero-order valence-corrected chi connectivity index (χ0v) is 14.6. The van der Waals surface area contributed by atoms with E-state index in [1.165, 1.54) is 16.8 Å². The minimum Gasteiger partial charge on any atom is -0.391 e. The minimum atomic E-state index is -2.71. The number of hydrogen-bond donors (Lipinski definition) is 1. The number of pyridine rings is 1. The number of rotatable bonds is 6. The van der Waals surface area contributed by atoms with E-state index >= 15 is 0 Å². The van der Waals surface area contributed by atoms with E-state index < -0.39 is 23.9 Å². The number of fused-ring (bicyclic) bond motifs is 1. The second kappa shape index (κ2) is 7.87. The van der Waals surface area contributed by atoms with Gasteiger partial charge < -0.3 is 9.67 Å². The Balaban J connectivity index is 2.01. The third-order valence-electron chi connectivity index (χ3n) is 4.26. The highest BCUT2D eigenvalue weighted by Gasteiger charge is 2.15. The van der Waals surface area contributed by atoms with Gasteiger partial charge in [0.1, 0.15) is 5.82 Å². The molecule has 0 spiro atoms. The summed E-state index contributed by atoms with van der Waals surface area (Å²) in [6, 6.07) is 4.13. The molecular formula is C19H18F3N3O2. The number of halogens is 3. The summed E-state index contributed by atoms with van der Waals surface area (Å²) in [5.74, 6) is -0.766. The Hall–Kier alpha value is -2.74. The van der Waals surface area contributed by atoms with Crippen molar-refractivity contribution in [2.24, 2.45) is 0 Å². The Kier molecular flexibility index (Phi) is 5.55. The summed E-state index contributed by atoms with van der Waals surface area (Å²) in [5.41, 5.74) is -0.748. The molecule has 0 radical (unpaired) electrons. The summed E-state index contributed by atoms with van der Waals surface area (Å²) in [6.45, 7) is 2.06. The molecule has 0 aliphatic rings. The van der Waals surface area contributed by atoms with Crippen molar-refractivity contribution in [2.45, 2.75) is 38.8 Å².